The largest absolute Gasteiger partial charge is 0.481 e. The third-order valence-corrected chi connectivity index (χ3v) is 3.21. The molecule has 2 aromatic carbocycles. The number of aliphatic carboxylic acids is 1. The van der Waals surface area contributed by atoms with Crippen molar-refractivity contribution in [1.29, 1.82) is 0 Å². The summed E-state index contributed by atoms with van der Waals surface area (Å²) < 4.78 is 5.58. The molecule has 0 bridgehead atoms. The van der Waals surface area contributed by atoms with Crippen LogP contribution < -0.4 is 0 Å². The summed E-state index contributed by atoms with van der Waals surface area (Å²) in [6.45, 7) is 1.73. The molecule has 1 heterocycles. The number of hydrogen-bond donors (Lipinski definition) is 1. The van der Waals surface area contributed by atoms with Crippen LogP contribution in [0.3, 0.4) is 0 Å². The van der Waals surface area contributed by atoms with Crippen LogP contribution in [0.4, 0.5) is 0 Å². The SMILES string of the molecule is Cc1oc(-c2ccc3ccccc3c2)nc1CC(=O)O. The number of nitrogens with zero attached hydrogens (tertiary/aromatic N) is 1. The summed E-state index contributed by atoms with van der Waals surface area (Å²) in [7, 11) is 0. The number of aromatic nitrogens is 1. The number of benzene rings is 2. The summed E-state index contributed by atoms with van der Waals surface area (Å²) in [6, 6.07) is 13.9. The van der Waals surface area contributed by atoms with E-state index in [2.05, 4.69) is 4.98 Å². The van der Waals surface area contributed by atoms with Gasteiger partial charge >= 0.3 is 5.97 Å². The fraction of sp³-hybridized carbons (Fsp3) is 0.125. The maximum absolute atomic E-state index is 10.8. The van der Waals surface area contributed by atoms with Crippen molar-refractivity contribution in [3.05, 3.63) is 53.9 Å². The number of hydrogen-bond acceptors (Lipinski definition) is 3. The molecule has 100 valence electrons. The minimum atomic E-state index is -0.911. The van der Waals surface area contributed by atoms with Crippen LogP contribution in [-0.2, 0) is 11.2 Å². The Bertz CT molecular complexity index is 789. The first-order valence-corrected chi connectivity index (χ1v) is 6.31. The number of aryl methyl sites for hydroxylation is 1. The van der Waals surface area contributed by atoms with Gasteiger partial charge in [0.25, 0.3) is 0 Å². The molecule has 0 aliphatic rings. The number of carboxylic acids is 1. The first kappa shape index (κ1) is 12.4. The summed E-state index contributed by atoms with van der Waals surface area (Å²) in [6.07, 6.45) is -0.122. The van der Waals surface area contributed by atoms with Gasteiger partial charge < -0.3 is 9.52 Å². The van der Waals surface area contributed by atoms with Crippen molar-refractivity contribution in [3.8, 4) is 11.5 Å². The third kappa shape index (κ3) is 2.28. The van der Waals surface area contributed by atoms with Crippen LogP contribution in [0, 0.1) is 6.92 Å². The highest BCUT2D eigenvalue weighted by Gasteiger charge is 2.14. The number of rotatable bonds is 3. The maximum atomic E-state index is 10.8. The zero-order chi connectivity index (χ0) is 14.1. The molecule has 1 N–H and O–H groups in total. The predicted molar refractivity (Wildman–Crippen MR) is 75.5 cm³/mol. The molecule has 0 fully saturated rings. The van der Waals surface area contributed by atoms with Gasteiger partial charge in [-0.15, -0.1) is 0 Å². The van der Waals surface area contributed by atoms with Crippen molar-refractivity contribution in [3.63, 3.8) is 0 Å². The molecule has 3 aromatic rings. The molecule has 0 spiro atoms. The summed E-state index contributed by atoms with van der Waals surface area (Å²) in [5, 5.41) is 11.1. The normalized spacial score (nSPS) is 10.8. The second kappa shape index (κ2) is 4.81. The molecule has 0 aliphatic heterocycles. The average molecular weight is 267 g/mol. The lowest BCUT2D eigenvalue weighted by atomic mass is 10.1. The molecular weight excluding hydrogens is 254 g/mol. The molecule has 0 aliphatic carbocycles. The molecule has 0 saturated carbocycles. The zero-order valence-corrected chi connectivity index (χ0v) is 11.0. The molecule has 1 aromatic heterocycles. The van der Waals surface area contributed by atoms with Crippen LogP contribution in [0.25, 0.3) is 22.2 Å². The first-order valence-electron chi connectivity index (χ1n) is 6.31. The molecule has 0 unspecified atom stereocenters. The fourth-order valence-electron chi connectivity index (χ4n) is 2.18. The minimum absolute atomic E-state index is 0.122. The Morgan fingerprint density at radius 2 is 1.95 bits per heavy atom. The lowest BCUT2D eigenvalue weighted by Gasteiger charge is -1.99. The van der Waals surface area contributed by atoms with Crippen molar-refractivity contribution in [2.24, 2.45) is 0 Å². The van der Waals surface area contributed by atoms with Gasteiger partial charge in [0.15, 0.2) is 0 Å². The molecule has 0 amide bonds. The third-order valence-electron chi connectivity index (χ3n) is 3.21. The lowest BCUT2D eigenvalue weighted by molar-refractivity contribution is -0.136. The fourth-order valence-corrected chi connectivity index (χ4v) is 2.18. The summed E-state index contributed by atoms with van der Waals surface area (Å²) >= 11 is 0. The second-order valence-corrected chi connectivity index (χ2v) is 4.65. The Morgan fingerprint density at radius 1 is 1.20 bits per heavy atom. The Kier molecular flexibility index (Phi) is 2.99. The van der Waals surface area contributed by atoms with Gasteiger partial charge in [0, 0.05) is 5.56 Å². The van der Waals surface area contributed by atoms with E-state index in [0.717, 1.165) is 16.3 Å². The highest BCUT2D eigenvalue weighted by molar-refractivity contribution is 5.86. The van der Waals surface area contributed by atoms with Gasteiger partial charge in [-0.1, -0.05) is 30.3 Å². The topological polar surface area (TPSA) is 63.3 Å². The van der Waals surface area contributed by atoms with Crippen molar-refractivity contribution in [1.82, 2.24) is 4.98 Å². The van der Waals surface area contributed by atoms with E-state index in [4.69, 9.17) is 9.52 Å². The molecule has 4 heteroatoms. The van der Waals surface area contributed by atoms with Crippen molar-refractivity contribution in [2.45, 2.75) is 13.3 Å². The van der Waals surface area contributed by atoms with Crippen LogP contribution in [-0.4, -0.2) is 16.1 Å². The number of carbonyl (C=O) groups is 1. The van der Waals surface area contributed by atoms with Crippen LogP contribution in [0.2, 0.25) is 0 Å². The van der Waals surface area contributed by atoms with E-state index in [9.17, 15) is 4.79 Å². The summed E-state index contributed by atoms with van der Waals surface area (Å²) in [5.74, 6) is 0.103. The van der Waals surface area contributed by atoms with E-state index in [-0.39, 0.29) is 6.42 Å². The van der Waals surface area contributed by atoms with Crippen molar-refractivity contribution >= 4 is 16.7 Å². The smallest absolute Gasteiger partial charge is 0.309 e. The zero-order valence-electron chi connectivity index (χ0n) is 11.0. The molecule has 4 nitrogen and oxygen atoms in total. The summed E-state index contributed by atoms with van der Waals surface area (Å²) in [4.78, 5) is 15.0. The molecular formula is C16H13NO3. The molecule has 20 heavy (non-hydrogen) atoms. The van der Waals surface area contributed by atoms with E-state index < -0.39 is 5.97 Å². The van der Waals surface area contributed by atoms with Gasteiger partial charge in [-0.2, -0.15) is 0 Å². The van der Waals surface area contributed by atoms with Gasteiger partial charge in [0.2, 0.25) is 5.89 Å². The quantitative estimate of drug-likeness (QED) is 0.789. The van der Waals surface area contributed by atoms with Crippen LogP contribution in [0.5, 0.6) is 0 Å². The standard InChI is InChI=1S/C16H13NO3/c1-10-14(9-15(18)19)17-16(20-10)13-7-6-11-4-2-3-5-12(11)8-13/h2-8H,9H2,1H3,(H,18,19). The maximum Gasteiger partial charge on any atom is 0.309 e. The van der Waals surface area contributed by atoms with Crippen LogP contribution in [0.15, 0.2) is 46.9 Å². The van der Waals surface area contributed by atoms with Gasteiger partial charge in [-0.05, 0) is 29.8 Å². The number of fused-ring (bicyclic) bond motifs is 1. The number of carboxylic acid groups (broad SMARTS) is 1. The van der Waals surface area contributed by atoms with E-state index in [1.54, 1.807) is 6.92 Å². The van der Waals surface area contributed by atoms with Crippen LogP contribution in [0.1, 0.15) is 11.5 Å². The van der Waals surface area contributed by atoms with Crippen molar-refractivity contribution in [2.75, 3.05) is 0 Å². The molecule has 0 saturated heterocycles. The Hall–Kier alpha value is -2.62. The molecule has 0 radical (unpaired) electrons. The molecule has 3 rings (SSSR count). The molecule has 0 atom stereocenters. The summed E-state index contributed by atoms with van der Waals surface area (Å²) in [5.41, 5.74) is 1.32. The van der Waals surface area contributed by atoms with E-state index in [0.29, 0.717) is 17.3 Å². The Balaban J connectivity index is 2.04. The monoisotopic (exact) mass is 267 g/mol. The van der Waals surface area contributed by atoms with Gasteiger partial charge in [-0.3, -0.25) is 4.79 Å². The highest BCUT2D eigenvalue weighted by Crippen LogP contribution is 2.25. The lowest BCUT2D eigenvalue weighted by Crippen LogP contribution is -2.01. The van der Waals surface area contributed by atoms with E-state index >= 15 is 0 Å². The second-order valence-electron chi connectivity index (χ2n) is 4.65. The Labute approximate surface area is 115 Å². The Morgan fingerprint density at radius 3 is 2.70 bits per heavy atom. The van der Waals surface area contributed by atoms with Crippen LogP contribution >= 0.6 is 0 Å². The van der Waals surface area contributed by atoms with Crippen molar-refractivity contribution < 1.29 is 14.3 Å². The van der Waals surface area contributed by atoms with Gasteiger partial charge in [0.05, 0.1) is 12.1 Å². The van der Waals surface area contributed by atoms with Gasteiger partial charge in [-0.25, -0.2) is 4.98 Å². The highest BCUT2D eigenvalue weighted by atomic mass is 16.4. The number of oxazole rings is 1. The predicted octanol–water partition coefficient (Wildman–Crippen LogP) is 3.43. The first-order chi connectivity index (χ1) is 9.63. The van der Waals surface area contributed by atoms with E-state index in [1.807, 2.05) is 42.5 Å². The minimum Gasteiger partial charge on any atom is -0.481 e. The average Bonchev–Trinajstić information content (AvgIpc) is 2.79. The van der Waals surface area contributed by atoms with Gasteiger partial charge in [0.1, 0.15) is 5.76 Å². The van der Waals surface area contributed by atoms with E-state index in [1.165, 1.54) is 0 Å².